The number of nitrogens with one attached hydrogen (secondary N) is 1. The first-order valence-electron chi connectivity index (χ1n) is 7.36. The van der Waals surface area contributed by atoms with Crippen LogP contribution in [0.25, 0.3) is 11.0 Å². The van der Waals surface area contributed by atoms with E-state index >= 15 is 0 Å². The Labute approximate surface area is 138 Å². The number of rotatable bonds is 5. The van der Waals surface area contributed by atoms with E-state index in [0.29, 0.717) is 34.4 Å². The van der Waals surface area contributed by atoms with E-state index < -0.39 is 5.91 Å². The summed E-state index contributed by atoms with van der Waals surface area (Å²) in [5.41, 5.74) is 7.44. The number of carbonyl (C=O) groups is 2. The molecule has 6 nitrogen and oxygen atoms in total. The molecule has 3 rings (SSSR count). The lowest BCUT2D eigenvalue weighted by atomic mass is 10.2. The number of pyridine rings is 1. The van der Waals surface area contributed by atoms with Gasteiger partial charge in [0, 0.05) is 23.7 Å². The SMILES string of the molecule is C=CCn1cc(C(N)=O)c2cc(NC(=O)c3ccccc3)cnc21. The van der Waals surface area contributed by atoms with E-state index in [-0.39, 0.29) is 5.91 Å². The third kappa shape index (κ3) is 2.89. The van der Waals surface area contributed by atoms with E-state index in [4.69, 9.17) is 5.73 Å². The lowest BCUT2D eigenvalue weighted by molar-refractivity contribution is 0.0999. The summed E-state index contributed by atoms with van der Waals surface area (Å²) in [5, 5.41) is 3.37. The van der Waals surface area contributed by atoms with Crippen molar-refractivity contribution in [1.82, 2.24) is 9.55 Å². The minimum absolute atomic E-state index is 0.247. The predicted octanol–water partition coefficient (Wildman–Crippen LogP) is 2.57. The van der Waals surface area contributed by atoms with Crippen LogP contribution in [0.15, 0.2) is 61.4 Å². The predicted molar refractivity (Wildman–Crippen MR) is 92.8 cm³/mol. The van der Waals surface area contributed by atoms with Gasteiger partial charge in [0.2, 0.25) is 0 Å². The molecule has 0 aliphatic heterocycles. The third-order valence-corrected chi connectivity index (χ3v) is 3.60. The van der Waals surface area contributed by atoms with Gasteiger partial charge in [-0.15, -0.1) is 6.58 Å². The number of benzene rings is 1. The molecule has 0 saturated heterocycles. The minimum atomic E-state index is -0.545. The number of carbonyl (C=O) groups excluding carboxylic acids is 2. The molecule has 24 heavy (non-hydrogen) atoms. The molecule has 0 saturated carbocycles. The average Bonchev–Trinajstić information content (AvgIpc) is 2.94. The van der Waals surface area contributed by atoms with Crippen molar-refractivity contribution in [2.24, 2.45) is 5.73 Å². The number of anilines is 1. The number of hydrogen-bond acceptors (Lipinski definition) is 3. The highest BCUT2D eigenvalue weighted by Gasteiger charge is 2.15. The monoisotopic (exact) mass is 320 g/mol. The summed E-state index contributed by atoms with van der Waals surface area (Å²) in [6, 6.07) is 10.6. The maximum atomic E-state index is 12.2. The van der Waals surface area contributed by atoms with E-state index in [2.05, 4.69) is 16.9 Å². The van der Waals surface area contributed by atoms with Crippen molar-refractivity contribution in [2.45, 2.75) is 6.54 Å². The number of amides is 2. The quantitative estimate of drug-likeness (QED) is 0.708. The number of primary amides is 1. The number of fused-ring (bicyclic) bond motifs is 1. The molecule has 1 aromatic carbocycles. The lowest BCUT2D eigenvalue weighted by Crippen LogP contribution is -2.12. The topological polar surface area (TPSA) is 90.0 Å². The minimum Gasteiger partial charge on any atom is -0.366 e. The van der Waals surface area contributed by atoms with Gasteiger partial charge in [0.05, 0.1) is 17.4 Å². The number of aromatic nitrogens is 2. The van der Waals surface area contributed by atoms with Crippen LogP contribution in [-0.4, -0.2) is 21.4 Å². The van der Waals surface area contributed by atoms with E-state index in [1.165, 1.54) is 0 Å². The second-order valence-electron chi connectivity index (χ2n) is 5.26. The highest BCUT2D eigenvalue weighted by atomic mass is 16.2. The van der Waals surface area contributed by atoms with Gasteiger partial charge in [-0.1, -0.05) is 24.3 Å². The molecule has 2 aromatic heterocycles. The van der Waals surface area contributed by atoms with Gasteiger partial charge >= 0.3 is 0 Å². The second kappa shape index (κ2) is 6.37. The van der Waals surface area contributed by atoms with Crippen molar-refractivity contribution >= 4 is 28.5 Å². The first-order valence-corrected chi connectivity index (χ1v) is 7.36. The Morgan fingerprint density at radius 2 is 2.04 bits per heavy atom. The fourth-order valence-electron chi connectivity index (χ4n) is 2.51. The summed E-state index contributed by atoms with van der Waals surface area (Å²) in [6.07, 6.45) is 4.90. The Kier molecular flexibility index (Phi) is 4.11. The van der Waals surface area contributed by atoms with Gasteiger partial charge < -0.3 is 15.6 Å². The average molecular weight is 320 g/mol. The fraction of sp³-hybridized carbons (Fsp3) is 0.0556. The van der Waals surface area contributed by atoms with Gasteiger partial charge in [-0.2, -0.15) is 0 Å². The van der Waals surface area contributed by atoms with Crippen molar-refractivity contribution < 1.29 is 9.59 Å². The van der Waals surface area contributed by atoms with Crippen LogP contribution in [0.3, 0.4) is 0 Å². The zero-order chi connectivity index (χ0) is 17.1. The molecule has 0 bridgehead atoms. The molecule has 3 aromatic rings. The van der Waals surface area contributed by atoms with E-state index in [0.717, 1.165) is 0 Å². The van der Waals surface area contributed by atoms with Gasteiger partial charge in [-0.3, -0.25) is 9.59 Å². The van der Waals surface area contributed by atoms with Crippen molar-refractivity contribution in [3.8, 4) is 0 Å². The lowest BCUT2D eigenvalue weighted by Gasteiger charge is -2.06. The summed E-state index contributed by atoms with van der Waals surface area (Å²) in [4.78, 5) is 28.2. The smallest absolute Gasteiger partial charge is 0.255 e. The Morgan fingerprint density at radius 3 is 2.71 bits per heavy atom. The highest BCUT2D eigenvalue weighted by Crippen LogP contribution is 2.23. The van der Waals surface area contributed by atoms with Crippen molar-refractivity contribution in [1.29, 1.82) is 0 Å². The molecule has 0 fully saturated rings. The van der Waals surface area contributed by atoms with Gasteiger partial charge in [-0.05, 0) is 18.2 Å². The van der Waals surface area contributed by atoms with Crippen LogP contribution in [0.2, 0.25) is 0 Å². The maximum Gasteiger partial charge on any atom is 0.255 e. The van der Waals surface area contributed by atoms with Crippen molar-refractivity contribution in [3.05, 3.63) is 72.6 Å². The highest BCUT2D eigenvalue weighted by molar-refractivity contribution is 6.08. The molecule has 0 radical (unpaired) electrons. The summed E-state index contributed by atoms with van der Waals surface area (Å²) in [6.45, 7) is 4.19. The molecular weight excluding hydrogens is 304 g/mol. The Morgan fingerprint density at radius 1 is 1.29 bits per heavy atom. The first-order chi connectivity index (χ1) is 11.6. The Balaban J connectivity index is 1.98. The van der Waals surface area contributed by atoms with Gasteiger partial charge in [-0.25, -0.2) is 4.98 Å². The molecule has 3 N–H and O–H groups in total. The third-order valence-electron chi connectivity index (χ3n) is 3.60. The fourth-order valence-corrected chi connectivity index (χ4v) is 2.51. The molecule has 0 atom stereocenters. The maximum absolute atomic E-state index is 12.2. The van der Waals surface area contributed by atoms with Crippen LogP contribution >= 0.6 is 0 Å². The van der Waals surface area contributed by atoms with Crippen LogP contribution in [-0.2, 0) is 6.54 Å². The second-order valence-corrected chi connectivity index (χ2v) is 5.26. The molecule has 6 heteroatoms. The first kappa shape index (κ1) is 15.5. The van der Waals surface area contributed by atoms with E-state index in [1.807, 2.05) is 6.07 Å². The summed E-state index contributed by atoms with van der Waals surface area (Å²) < 4.78 is 1.78. The van der Waals surface area contributed by atoms with Crippen LogP contribution in [0.1, 0.15) is 20.7 Å². The van der Waals surface area contributed by atoms with Crippen molar-refractivity contribution in [3.63, 3.8) is 0 Å². The summed E-state index contributed by atoms with van der Waals surface area (Å²) >= 11 is 0. The van der Waals surface area contributed by atoms with Gasteiger partial charge in [0.25, 0.3) is 11.8 Å². The number of hydrogen-bond donors (Lipinski definition) is 2. The Hall–Kier alpha value is -3.41. The largest absolute Gasteiger partial charge is 0.366 e. The van der Waals surface area contributed by atoms with Crippen LogP contribution in [0.5, 0.6) is 0 Å². The van der Waals surface area contributed by atoms with Gasteiger partial charge in [0.1, 0.15) is 5.65 Å². The molecule has 0 unspecified atom stereocenters. The normalized spacial score (nSPS) is 10.5. The van der Waals surface area contributed by atoms with Crippen LogP contribution < -0.4 is 11.1 Å². The number of allylic oxidation sites excluding steroid dienone is 1. The standard InChI is InChI=1S/C18H16N4O2/c1-2-8-22-11-15(16(19)23)14-9-13(10-20-17(14)22)21-18(24)12-6-4-3-5-7-12/h2-7,9-11H,1,8H2,(H2,19,23)(H,21,24). The molecular formula is C18H16N4O2. The van der Waals surface area contributed by atoms with Crippen molar-refractivity contribution in [2.75, 3.05) is 5.32 Å². The number of nitrogens with zero attached hydrogens (tertiary/aromatic N) is 2. The summed E-state index contributed by atoms with van der Waals surface area (Å²) in [5.74, 6) is -0.793. The summed E-state index contributed by atoms with van der Waals surface area (Å²) in [7, 11) is 0. The molecule has 2 amide bonds. The molecule has 0 aliphatic rings. The molecule has 0 aliphatic carbocycles. The van der Waals surface area contributed by atoms with Crippen LogP contribution in [0, 0.1) is 0 Å². The van der Waals surface area contributed by atoms with Crippen LogP contribution in [0.4, 0.5) is 5.69 Å². The molecule has 120 valence electrons. The van der Waals surface area contributed by atoms with E-state index in [9.17, 15) is 9.59 Å². The molecule has 2 heterocycles. The molecule has 0 spiro atoms. The van der Waals surface area contributed by atoms with E-state index in [1.54, 1.807) is 53.4 Å². The Bertz CT molecular complexity index is 929. The number of nitrogens with two attached hydrogens (primary N) is 1. The zero-order valence-corrected chi connectivity index (χ0v) is 12.9. The zero-order valence-electron chi connectivity index (χ0n) is 12.9. The van der Waals surface area contributed by atoms with Gasteiger partial charge in [0.15, 0.2) is 0 Å².